The largest absolute Gasteiger partial charge is 0.394 e. The number of aromatic nitrogens is 1. The second-order valence-corrected chi connectivity index (χ2v) is 6.13. The zero-order chi connectivity index (χ0) is 13.8. The highest BCUT2D eigenvalue weighted by Crippen LogP contribution is 2.20. The van der Waals surface area contributed by atoms with Gasteiger partial charge in [0, 0.05) is 6.20 Å². The van der Waals surface area contributed by atoms with Crippen molar-refractivity contribution in [1.82, 2.24) is 9.71 Å². The minimum absolute atomic E-state index is 0.0437. The molecule has 0 unspecified atom stereocenters. The second kappa shape index (κ2) is 5.97. The van der Waals surface area contributed by atoms with Crippen LogP contribution in [-0.4, -0.2) is 30.7 Å². The first kappa shape index (κ1) is 15.4. The molecule has 0 amide bonds. The number of nitrogens with zero attached hydrogens (tertiary/aromatic N) is 1. The van der Waals surface area contributed by atoms with Gasteiger partial charge in [0.05, 0.1) is 17.0 Å². The van der Waals surface area contributed by atoms with Crippen molar-refractivity contribution in [3.8, 4) is 0 Å². The van der Waals surface area contributed by atoms with Crippen molar-refractivity contribution in [2.75, 3.05) is 6.61 Å². The molecule has 1 rings (SSSR count). The molecule has 0 aromatic carbocycles. The summed E-state index contributed by atoms with van der Waals surface area (Å²) in [4.78, 5) is 3.78. The Balaban J connectivity index is 3.08. The molecule has 0 aliphatic carbocycles. The third-order valence-electron chi connectivity index (χ3n) is 3.02. The monoisotopic (exact) mass is 292 g/mol. The Kier molecular flexibility index (Phi) is 5.10. The van der Waals surface area contributed by atoms with Crippen LogP contribution in [0.25, 0.3) is 0 Å². The highest BCUT2D eigenvalue weighted by atomic mass is 35.5. The molecule has 1 aromatic heterocycles. The minimum Gasteiger partial charge on any atom is -0.394 e. The van der Waals surface area contributed by atoms with Crippen LogP contribution >= 0.6 is 11.6 Å². The maximum Gasteiger partial charge on any atom is 0.241 e. The summed E-state index contributed by atoms with van der Waals surface area (Å²) in [7, 11) is -3.71. The van der Waals surface area contributed by atoms with Gasteiger partial charge in [-0.05, 0) is 25.0 Å². The van der Waals surface area contributed by atoms with Gasteiger partial charge in [0.2, 0.25) is 10.0 Å². The van der Waals surface area contributed by atoms with Gasteiger partial charge in [-0.2, -0.15) is 0 Å². The summed E-state index contributed by atoms with van der Waals surface area (Å²) in [5.74, 6) is 0. The van der Waals surface area contributed by atoms with Gasteiger partial charge in [-0.1, -0.05) is 25.4 Å². The van der Waals surface area contributed by atoms with Crippen LogP contribution in [0.3, 0.4) is 0 Å². The van der Waals surface area contributed by atoms with E-state index in [1.807, 2.05) is 13.8 Å². The molecule has 5 nitrogen and oxygen atoms in total. The Morgan fingerprint density at radius 3 is 2.50 bits per heavy atom. The number of aliphatic hydroxyl groups excluding tert-OH is 1. The van der Waals surface area contributed by atoms with E-state index in [0.29, 0.717) is 12.8 Å². The summed E-state index contributed by atoms with van der Waals surface area (Å²) in [5, 5.41) is 9.49. The van der Waals surface area contributed by atoms with Crippen molar-refractivity contribution in [2.45, 2.75) is 37.1 Å². The summed E-state index contributed by atoms with van der Waals surface area (Å²) in [6, 6.07) is 2.64. The highest BCUT2D eigenvalue weighted by molar-refractivity contribution is 7.89. The van der Waals surface area contributed by atoms with E-state index in [0.717, 1.165) is 0 Å². The summed E-state index contributed by atoms with van der Waals surface area (Å²) >= 11 is 5.67. The topological polar surface area (TPSA) is 79.3 Å². The van der Waals surface area contributed by atoms with Crippen molar-refractivity contribution in [3.63, 3.8) is 0 Å². The van der Waals surface area contributed by atoms with Crippen molar-refractivity contribution >= 4 is 21.6 Å². The molecular formula is C11H17ClN2O3S. The van der Waals surface area contributed by atoms with Gasteiger partial charge < -0.3 is 5.11 Å². The Morgan fingerprint density at radius 2 is 2.06 bits per heavy atom. The molecule has 0 radical (unpaired) electrons. The first-order valence-corrected chi connectivity index (χ1v) is 7.51. The van der Waals surface area contributed by atoms with Gasteiger partial charge >= 0.3 is 0 Å². The third-order valence-corrected chi connectivity index (χ3v) is 4.80. The average Bonchev–Trinajstić information content (AvgIpc) is 2.36. The van der Waals surface area contributed by atoms with Gasteiger partial charge in [-0.3, -0.25) is 0 Å². The summed E-state index contributed by atoms with van der Waals surface area (Å²) in [6.45, 7) is 3.39. The van der Waals surface area contributed by atoms with Crippen LogP contribution in [0.2, 0.25) is 5.15 Å². The molecule has 0 fully saturated rings. The molecule has 18 heavy (non-hydrogen) atoms. The maximum absolute atomic E-state index is 12.2. The van der Waals surface area contributed by atoms with Crippen molar-refractivity contribution < 1.29 is 13.5 Å². The van der Waals surface area contributed by atoms with E-state index in [4.69, 9.17) is 11.6 Å². The fourth-order valence-corrected chi connectivity index (χ4v) is 3.33. The zero-order valence-corrected chi connectivity index (χ0v) is 11.9. The molecule has 1 heterocycles. The van der Waals surface area contributed by atoms with Gasteiger partial charge in [0.15, 0.2) is 0 Å². The quantitative estimate of drug-likeness (QED) is 0.780. The number of nitrogens with one attached hydrogen (secondary N) is 1. The van der Waals surface area contributed by atoms with E-state index in [1.165, 1.54) is 18.3 Å². The standard InChI is InChI=1S/C11H17ClN2O3S/c1-3-11(4-2,8-15)14-18(16,17)9-5-6-13-10(12)7-9/h5-7,14-15H,3-4,8H2,1-2H3. The summed E-state index contributed by atoms with van der Waals surface area (Å²) in [5.41, 5.74) is -0.839. The Morgan fingerprint density at radius 1 is 1.44 bits per heavy atom. The summed E-state index contributed by atoms with van der Waals surface area (Å²) < 4.78 is 26.9. The zero-order valence-electron chi connectivity index (χ0n) is 10.4. The molecule has 7 heteroatoms. The van der Waals surface area contributed by atoms with Crippen molar-refractivity contribution in [1.29, 1.82) is 0 Å². The average molecular weight is 293 g/mol. The SMILES string of the molecule is CCC(CC)(CO)NS(=O)(=O)c1ccnc(Cl)c1. The van der Waals surface area contributed by atoms with Crippen molar-refractivity contribution in [3.05, 3.63) is 23.5 Å². The van der Waals surface area contributed by atoms with E-state index < -0.39 is 15.6 Å². The molecule has 0 atom stereocenters. The molecule has 102 valence electrons. The number of aliphatic hydroxyl groups is 1. The first-order chi connectivity index (χ1) is 8.39. The highest BCUT2D eigenvalue weighted by Gasteiger charge is 2.31. The van der Waals surface area contributed by atoms with Crippen LogP contribution in [0.15, 0.2) is 23.2 Å². The van der Waals surface area contributed by atoms with Crippen LogP contribution in [-0.2, 0) is 10.0 Å². The van der Waals surface area contributed by atoms with Gasteiger partial charge in [-0.25, -0.2) is 18.1 Å². The molecule has 1 aromatic rings. The molecule has 0 spiro atoms. The number of sulfonamides is 1. The van der Waals surface area contributed by atoms with Crippen LogP contribution in [0.4, 0.5) is 0 Å². The number of pyridine rings is 1. The number of hydrogen-bond acceptors (Lipinski definition) is 4. The number of hydrogen-bond donors (Lipinski definition) is 2. The Labute approximate surface area is 112 Å². The van der Waals surface area contributed by atoms with Gasteiger partial charge in [0.1, 0.15) is 5.15 Å². The normalized spacial score (nSPS) is 12.7. The van der Waals surface area contributed by atoms with E-state index in [2.05, 4.69) is 9.71 Å². The minimum atomic E-state index is -3.71. The lowest BCUT2D eigenvalue weighted by molar-refractivity contribution is 0.172. The van der Waals surface area contributed by atoms with E-state index >= 15 is 0 Å². The molecule has 0 aliphatic heterocycles. The predicted octanol–water partition coefficient (Wildman–Crippen LogP) is 1.56. The van der Waals surface area contributed by atoms with Crippen LogP contribution < -0.4 is 4.72 Å². The van der Waals surface area contributed by atoms with Gasteiger partial charge in [-0.15, -0.1) is 0 Å². The van der Waals surface area contributed by atoms with Crippen LogP contribution in [0.5, 0.6) is 0 Å². The smallest absolute Gasteiger partial charge is 0.241 e. The van der Waals surface area contributed by atoms with E-state index in [1.54, 1.807) is 0 Å². The Hall–Kier alpha value is -0.690. The number of rotatable bonds is 6. The lowest BCUT2D eigenvalue weighted by Crippen LogP contribution is -2.50. The van der Waals surface area contributed by atoms with Gasteiger partial charge in [0.25, 0.3) is 0 Å². The maximum atomic E-state index is 12.2. The second-order valence-electron chi connectivity index (χ2n) is 4.07. The predicted molar refractivity (Wildman–Crippen MR) is 70.0 cm³/mol. The summed E-state index contributed by atoms with van der Waals surface area (Å²) in [6.07, 6.45) is 2.32. The Bertz CT molecular complexity index is 493. The lowest BCUT2D eigenvalue weighted by Gasteiger charge is -2.30. The number of halogens is 1. The molecule has 2 N–H and O–H groups in total. The molecular weight excluding hydrogens is 276 g/mol. The van der Waals surface area contributed by atoms with E-state index in [-0.39, 0.29) is 16.7 Å². The fraction of sp³-hybridized carbons (Fsp3) is 0.545. The molecule has 0 aliphatic rings. The lowest BCUT2D eigenvalue weighted by atomic mass is 9.96. The van der Waals surface area contributed by atoms with Crippen LogP contribution in [0, 0.1) is 0 Å². The molecule has 0 saturated carbocycles. The third kappa shape index (κ3) is 3.41. The van der Waals surface area contributed by atoms with Crippen molar-refractivity contribution in [2.24, 2.45) is 0 Å². The fourth-order valence-electron chi connectivity index (χ4n) is 1.55. The van der Waals surface area contributed by atoms with E-state index in [9.17, 15) is 13.5 Å². The first-order valence-electron chi connectivity index (χ1n) is 5.65. The molecule has 0 saturated heterocycles. The molecule has 0 bridgehead atoms. The van der Waals surface area contributed by atoms with Crippen LogP contribution in [0.1, 0.15) is 26.7 Å².